The third kappa shape index (κ3) is 2.32. The van der Waals surface area contributed by atoms with Gasteiger partial charge in [0, 0.05) is 6.04 Å². The van der Waals surface area contributed by atoms with Crippen molar-refractivity contribution in [2.24, 2.45) is 10.8 Å². The average Bonchev–Trinajstić information content (AvgIpc) is 2.51. The molecule has 66 valence electrons. The number of hydrazine groups is 1. The van der Waals surface area contributed by atoms with Gasteiger partial charge in [0.2, 0.25) is 0 Å². The Labute approximate surface area is 76.3 Å². The first kappa shape index (κ1) is 9.22. The lowest BCUT2D eigenvalue weighted by Gasteiger charge is -2.04. The fraction of sp³-hybridized carbons (Fsp3) is 0.375. The maximum Gasteiger partial charge on any atom is 0.153 e. The van der Waals surface area contributed by atoms with Crippen LogP contribution < -0.4 is 11.3 Å². The number of nitrogens with one attached hydrogen (secondary N) is 1. The largest absolute Gasteiger partial charge is 0.308 e. The van der Waals surface area contributed by atoms with Gasteiger partial charge >= 0.3 is 0 Å². The SMILES string of the molecule is CC(C)N=C(NN)c1cccs1. The number of nitrogens with two attached hydrogens (primary N) is 1. The first-order valence-corrected chi connectivity index (χ1v) is 4.70. The van der Waals surface area contributed by atoms with E-state index in [4.69, 9.17) is 5.84 Å². The van der Waals surface area contributed by atoms with Crippen molar-refractivity contribution < 1.29 is 0 Å². The Morgan fingerprint density at radius 2 is 2.42 bits per heavy atom. The van der Waals surface area contributed by atoms with E-state index in [1.165, 1.54) is 0 Å². The van der Waals surface area contributed by atoms with Gasteiger partial charge in [-0.25, -0.2) is 5.84 Å². The molecule has 1 rings (SSSR count). The minimum absolute atomic E-state index is 0.262. The molecule has 0 saturated carbocycles. The summed E-state index contributed by atoms with van der Waals surface area (Å²) in [5.41, 5.74) is 2.60. The summed E-state index contributed by atoms with van der Waals surface area (Å²) in [5, 5.41) is 2.00. The molecule has 0 aliphatic heterocycles. The van der Waals surface area contributed by atoms with E-state index >= 15 is 0 Å². The molecular weight excluding hydrogens is 170 g/mol. The van der Waals surface area contributed by atoms with Crippen molar-refractivity contribution in [3.63, 3.8) is 0 Å². The van der Waals surface area contributed by atoms with Crippen LogP contribution in [-0.4, -0.2) is 11.9 Å². The number of thiophene rings is 1. The van der Waals surface area contributed by atoms with Crippen molar-refractivity contribution in [2.75, 3.05) is 0 Å². The quantitative estimate of drug-likeness (QED) is 0.315. The van der Waals surface area contributed by atoms with E-state index in [-0.39, 0.29) is 6.04 Å². The molecule has 1 aromatic heterocycles. The molecule has 4 heteroatoms. The van der Waals surface area contributed by atoms with Crippen LogP contribution in [-0.2, 0) is 0 Å². The summed E-state index contributed by atoms with van der Waals surface area (Å²) in [6.45, 7) is 4.04. The molecule has 1 heterocycles. The molecule has 0 bridgehead atoms. The van der Waals surface area contributed by atoms with E-state index in [0.717, 1.165) is 10.7 Å². The van der Waals surface area contributed by atoms with Crippen LogP contribution in [0.4, 0.5) is 0 Å². The van der Waals surface area contributed by atoms with Crippen molar-refractivity contribution >= 4 is 17.2 Å². The third-order valence-electron chi connectivity index (χ3n) is 1.28. The molecule has 0 aliphatic carbocycles. The lowest BCUT2D eigenvalue weighted by molar-refractivity contribution is 0.821. The number of hydrogen-bond donors (Lipinski definition) is 2. The van der Waals surface area contributed by atoms with E-state index in [1.807, 2.05) is 31.4 Å². The van der Waals surface area contributed by atoms with Gasteiger partial charge in [0.1, 0.15) is 0 Å². The zero-order chi connectivity index (χ0) is 8.97. The van der Waals surface area contributed by atoms with Gasteiger partial charge in [-0.2, -0.15) is 0 Å². The summed E-state index contributed by atoms with van der Waals surface area (Å²) in [5.74, 6) is 6.10. The van der Waals surface area contributed by atoms with E-state index in [1.54, 1.807) is 11.3 Å². The fourth-order valence-corrected chi connectivity index (χ4v) is 1.53. The van der Waals surface area contributed by atoms with Crippen LogP contribution in [0.2, 0.25) is 0 Å². The maximum atomic E-state index is 5.34. The second kappa shape index (κ2) is 4.23. The standard InChI is InChI=1S/C8H13N3S/c1-6(2)10-8(11-9)7-4-3-5-12-7/h3-6H,9H2,1-2H3,(H,10,11). The second-order valence-electron chi connectivity index (χ2n) is 2.69. The van der Waals surface area contributed by atoms with Crippen LogP contribution in [0, 0.1) is 0 Å². The van der Waals surface area contributed by atoms with E-state index in [9.17, 15) is 0 Å². The van der Waals surface area contributed by atoms with Crippen molar-refractivity contribution in [3.8, 4) is 0 Å². The summed E-state index contributed by atoms with van der Waals surface area (Å²) in [7, 11) is 0. The average molecular weight is 183 g/mol. The Bertz CT molecular complexity index is 251. The predicted molar refractivity (Wildman–Crippen MR) is 53.3 cm³/mol. The smallest absolute Gasteiger partial charge is 0.153 e. The lowest BCUT2D eigenvalue weighted by atomic mass is 10.4. The molecule has 0 radical (unpaired) electrons. The molecule has 0 aliphatic rings. The van der Waals surface area contributed by atoms with E-state index in [0.29, 0.717) is 0 Å². The van der Waals surface area contributed by atoms with Crippen LogP contribution in [0.25, 0.3) is 0 Å². The minimum atomic E-state index is 0.262. The summed E-state index contributed by atoms with van der Waals surface area (Å²) in [6.07, 6.45) is 0. The molecule has 0 amide bonds. The van der Waals surface area contributed by atoms with Gasteiger partial charge < -0.3 is 5.43 Å². The highest BCUT2D eigenvalue weighted by Crippen LogP contribution is 2.08. The van der Waals surface area contributed by atoms with Gasteiger partial charge in [-0.15, -0.1) is 11.3 Å². The molecule has 3 nitrogen and oxygen atoms in total. The highest BCUT2D eigenvalue weighted by atomic mass is 32.1. The van der Waals surface area contributed by atoms with Crippen LogP contribution in [0.15, 0.2) is 22.5 Å². The number of hydrogen-bond acceptors (Lipinski definition) is 3. The first-order valence-electron chi connectivity index (χ1n) is 3.82. The monoisotopic (exact) mass is 183 g/mol. The topological polar surface area (TPSA) is 50.4 Å². The van der Waals surface area contributed by atoms with Crippen molar-refractivity contribution in [1.29, 1.82) is 0 Å². The Morgan fingerprint density at radius 1 is 1.67 bits per heavy atom. The van der Waals surface area contributed by atoms with E-state index in [2.05, 4.69) is 10.4 Å². The third-order valence-corrected chi connectivity index (χ3v) is 2.16. The second-order valence-corrected chi connectivity index (χ2v) is 3.64. The molecule has 12 heavy (non-hydrogen) atoms. The first-order chi connectivity index (χ1) is 5.74. The normalized spacial score (nSPS) is 12.2. The summed E-state index contributed by atoms with van der Waals surface area (Å²) >= 11 is 1.62. The van der Waals surface area contributed by atoms with Gasteiger partial charge in [-0.3, -0.25) is 4.99 Å². The lowest BCUT2D eigenvalue weighted by Crippen LogP contribution is -2.31. The number of nitrogens with zero attached hydrogens (tertiary/aromatic N) is 1. The Morgan fingerprint density at radius 3 is 2.83 bits per heavy atom. The Hall–Kier alpha value is -0.870. The number of rotatable bonds is 2. The molecule has 0 spiro atoms. The number of aliphatic imine (C=N–C) groups is 1. The summed E-state index contributed by atoms with van der Waals surface area (Å²) < 4.78 is 0. The van der Waals surface area contributed by atoms with Gasteiger partial charge in [-0.05, 0) is 25.3 Å². The van der Waals surface area contributed by atoms with Gasteiger partial charge in [-0.1, -0.05) is 6.07 Å². The molecule has 0 aromatic carbocycles. The summed E-state index contributed by atoms with van der Waals surface area (Å²) in [4.78, 5) is 5.40. The molecule has 0 saturated heterocycles. The van der Waals surface area contributed by atoms with Gasteiger partial charge in [0.15, 0.2) is 5.84 Å². The number of amidine groups is 1. The van der Waals surface area contributed by atoms with Gasteiger partial charge in [0.05, 0.1) is 4.88 Å². The van der Waals surface area contributed by atoms with E-state index < -0.39 is 0 Å². The van der Waals surface area contributed by atoms with Crippen molar-refractivity contribution in [2.45, 2.75) is 19.9 Å². The zero-order valence-electron chi connectivity index (χ0n) is 7.24. The van der Waals surface area contributed by atoms with Crippen LogP contribution in [0.1, 0.15) is 18.7 Å². The minimum Gasteiger partial charge on any atom is -0.308 e. The highest BCUT2D eigenvalue weighted by Gasteiger charge is 2.02. The molecule has 3 N–H and O–H groups in total. The van der Waals surface area contributed by atoms with Crippen molar-refractivity contribution in [3.05, 3.63) is 22.4 Å². The zero-order valence-corrected chi connectivity index (χ0v) is 8.06. The molecule has 0 atom stereocenters. The molecule has 1 aromatic rings. The van der Waals surface area contributed by atoms with Gasteiger partial charge in [0.25, 0.3) is 0 Å². The predicted octanol–water partition coefficient (Wildman–Crippen LogP) is 1.37. The Kier molecular flexibility index (Phi) is 3.25. The highest BCUT2D eigenvalue weighted by molar-refractivity contribution is 7.12. The van der Waals surface area contributed by atoms with Crippen LogP contribution in [0.3, 0.4) is 0 Å². The van der Waals surface area contributed by atoms with Crippen LogP contribution in [0.5, 0.6) is 0 Å². The van der Waals surface area contributed by atoms with Crippen molar-refractivity contribution in [1.82, 2.24) is 5.43 Å². The fourth-order valence-electron chi connectivity index (χ4n) is 0.844. The molecular formula is C8H13N3S. The Balaban J connectivity index is 2.83. The van der Waals surface area contributed by atoms with Crippen LogP contribution >= 0.6 is 11.3 Å². The maximum absolute atomic E-state index is 5.34. The molecule has 0 fully saturated rings. The molecule has 0 unspecified atom stereocenters. The summed E-state index contributed by atoms with van der Waals surface area (Å²) in [6, 6.07) is 4.23.